The average Bonchev–Trinajstić information content (AvgIpc) is 3.21. The van der Waals surface area contributed by atoms with E-state index in [1.165, 1.54) is 12.3 Å². The third-order valence-electron chi connectivity index (χ3n) is 4.79. The zero-order chi connectivity index (χ0) is 20.8. The first kappa shape index (κ1) is 20.9. The number of carbonyl (C=O) groups is 3. The molecular weight excluding hydrogens is 398 g/mol. The van der Waals surface area contributed by atoms with Crippen molar-refractivity contribution in [3.05, 3.63) is 58.5 Å². The number of ether oxygens (including phenoxy) is 2. The van der Waals surface area contributed by atoms with Gasteiger partial charge in [0.25, 0.3) is 5.91 Å². The van der Waals surface area contributed by atoms with Crippen molar-refractivity contribution in [2.75, 3.05) is 19.7 Å². The number of esters is 2. The summed E-state index contributed by atoms with van der Waals surface area (Å²) in [6.07, 6.45) is 2.39. The van der Waals surface area contributed by atoms with E-state index in [1.54, 1.807) is 36.1 Å². The van der Waals surface area contributed by atoms with Gasteiger partial charge in [-0.15, -0.1) is 0 Å². The van der Waals surface area contributed by atoms with Crippen LogP contribution in [0.25, 0.3) is 0 Å². The van der Waals surface area contributed by atoms with Crippen LogP contribution in [0.5, 0.6) is 0 Å². The molecule has 0 aliphatic carbocycles. The molecule has 2 heterocycles. The van der Waals surface area contributed by atoms with Gasteiger partial charge in [-0.1, -0.05) is 11.6 Å². The van der Waals surface area contributed by atoms with E-state index < -0.39 is 5.97 Å². The smallest absolute Gasteiger partial charge is 0.341 e. The number of nitrogens with zero attached hydrogens (tertiary/aromatic N) is 1. The summed E-state index contributed by atoms with van der Waals surface area (Å²) in [4.78, 5) is 38.5. The van der Waals surface area contributed by atoms with Crippen molar-refractivity contribution in [2.24, 2.45) is 5.92 Å². The van der Waals surface area contributed by atoms with E-state index in [2.05, 4.69) is 0 Å². The van der Waals surface area contributed by atoms with E-state index in [0.29, 0.717) is 36.5 Å². The average molecular weight is 420 g/mol. The Bertz CT molecular complexity index is 868. The molecule has 0 N–H and O–H groups in total. The molecule has 7 nitrogen and oxygen atoms in total. The molecule has 0 saturated carbocycles. The maximum absolute atomic E-state index is 12.5. The molecule has 3 rings (SSSR count). The second kappa shape index (κ2) is 9.60. The lowest BCUT2D eigenvalue weighted by atomic mass is 9.96. The lowest BCUT2D eigenvalue weighted by Crippen LogP contribution is -2.40. The Morgan fingerprint density at radius 2 is 1.79 bits per heavy atom. The highest BCUT2D eigenvalue weighted by Gasteiger charge is 2.29. The van der Waals surface area contributed by atoms with Crippen LogP contribution in [0, 0.1) is 5.92 Å². The Labute approximate surface area is 173 Å². The van der Waals surface area contributed by atoms with E-state index >= 15 is 0 Å². The molecule has 1 aromatic heterocycles. The maximum atomic E-state index is 12.5. The quantitative estimate of drug-likeness (QED) is 0.663. The Kier molecular flexibility index (Phi) is 6.93. The van der Waals surface area contributed by atoms with Crippen molar-refractivity contribution in [2.45, 2.75) is 26.4 Å². The number of likely N-dealkylation sites (tertiary alicyclic amines) is 1. The third kappa shape index (κ3) is 5.17. The van der Waals surface area contributed by atoms with Gasteiger partial charge in [-0.2, -0.15) is 0 Å². The topological polar surface area (TPSA) is 86.1 Å². The van der Waals surface area contributed by atoms with Crippen molar-refractivity contribution in [1.82, 2.24) is 4.90 Å². The number of hydrogen-bond acceptors (Lipinski definition) is 6. The summed E-state index contributed by atoms with van der Waals surface area (Å²) >= 11 is 5.86. The molecule has 0 spiro atoms. The number of amides is 1. The van der Waals surface area contributed by atoms with Crippen molar-refractivity contribution >= 4 is 29.4 Å². The van der Waals surface area contributed by atoms with Crippen molar-refractivity contribution < 1.29 is 28.3 Å². The van der Waals surface area contributed by atoms with E-state index in [9.17, 15) is 14.4 Å². The summed E-state index contributed by atoms with van der Waals surface area (Å²) in [5.41, 5.74) is 0.822. The Morgan fingerprint density at radius 1 is 1.10 bits per heavy atom. The highest BCUT2D eigenvalue weighted by Crippen LogP contribution is 2.22. The molecule has 0 atom stereocenters. The number of furan rings is 1. The Morgan fingerprint density at radius 3 is 2.45 bits per heavy atom. The summed E-state index contributed by atoms with van der Waals surface area (Å²) in [6.45, 7) is 2.76. The molecule has 154 valence electrons. The van der Waals surface area contributed by atoms with Gasteiger partial charge in [-0.25, -0.2) is 4.79 Å². The molecule has 1 fully saturated rings. The number of rotatable bonds is 6. The molecule has 1 aromatic carbocycles. The van der Waals surface area contributed by atoms with Gasteiger partial charge in [0, 0.05) is 23.7 Å². The summed E-state index contributed by atoms with van der Waals surface area (Å²) in [5.74, 6) is -1.00. The molecule has 1 aliphatic rings. The van der Waals surface area contributed by atoms with Gasteiger partial charge in [-0.3, -0.25) is 9.59 Å². The van der Waals surface area contributed by atoms with Gasteiger partial charge in [0.15, 0.2) is 5.76 Å². The highest BCUT2D eigenvalue weighted by atomic mass is 35.5. The van der Waals surface area contributed by atoms with Crippen LogP contribution in [-0.4, -0.2) is 42.4 Å². The van der Waals surface area contributed by atoms with Gasteiger partial charge >= 0.3 is 11.9 Å². The van der Waals surface area contributed by atoms with Gasteiger partial charge in [-0.05, 0) is 50.1 Å². The fourth-order valence-electron chi connectivity index (χ4n) is 3.19. The van der Waals surface area contributed by atoms with Crippen LogP contribution >= 0.6 is 11.6 Å². The van der Waals surface area contributed by atoms with Gasteiger partial charge < -0.3 is 18.8 Å². The molecule has 0 bridgehead atoms. The predicted octanol–water partition coefficient (Wildman–Crippen LogP) is 3.71. The molecular formula is C21H22ClNO6. The van der Waals surface area contributed by atoms with Crippen LogP contribution in [0.2, 0.25) is 5.02 Å². The Hall–Kier alpha value is -2.80. The van der Waals surface area contributed by atoms with Gasteiger partial charge in [0.2, 0.25) is 0 Å². The maximum Gasteiger partial charge on any atom is 0.341 e. The number of piperidine rings is 1. The van der Waals surface area contributed by atoms with Gasteiger partial charge in [0.05, 0.1) is 18.8 Å². The standard InChI is InChI=1S/C21H22ClNO6/c1-2-27-21(26)17-9-12-28-18(17)13-29-20(25)15-7-10-23(11-8-15)19(24)14-3-5-16(22)6-4-14/h3-6,9,12,15H,2,7-8,10-11,13H2,1H3. The molecule has 0 unspecified atom stereocenters. The minimum atomic E-state index is -0.513. The molecule has 1 amide bonds. The van der Waals surface area contributed by atoms with Crippen molar-refractivity contribution in [1.29, 1.82) is 0 Å². The van der Waals surface area contributed by atoms with Crippen LogP contribution < -0.4 is 0 Å². The van der Waals surface area contributed by atoms with Crippen molar-refractivity contribution in [3.8, 4) is 0 Å². The van der Waals surface area contributed by atoms with Crippen LogP contribution in [0.4, 0.5) is 0 Å². The molecule has 2 aromatic rings. The van der Waals surface area contributed by atoms with E-state index in [1.807, 2.05) is 0 Å². The summed E-state index contributed by atoms with van der Waals surface area (Å²) in [6, 6.07) is 8.23. The molecule has 29 heavy (non-hydrogen) atoms. The third-order valence-corrected chi connectivity index (χ3v) is 5.04. The molecule has 0 radical (unpaired) electrons. The molecule has 1 saturated heterocycles. The lowest BCUT2D eigenvalue weighted by molar-refractivity contribution is -0.152. The van der Waals surface area contributed by atoms with Gasteiger partial charge in [0.1, 0.15) is 12.2 Å². The minimum Gasteiger partial charge on any atom is -0.465 e. The number of benzene rings is 1. The van der Waals surface area contributed by atoms with E-state index in [4.69, 9.17) is 25.5 Å². The van der Waals surface area contributed by atoms with Crippen LogP contribution in [0.1, 0.15) is 46.2 Å². The fraction of sp³-hybridized carbons (Fsp3) is 0.381. The molecule has 1 aliphatic heterocycles. The van der Waals surface area contributed by atoms with Crippen LogP contribution in [0.15, 0.2) is 41.0 Å². The fourth-order valence-corrected chi connectivity index (χ4v) is 3.32. The first-order valence-electron chi connectivity index (χ1n) is 9.44. The highest BCUT2D eigenvalue weighted by molar-refractivity contribution is 6.30. The number of halogens is 1. The summed E-state index contributed by atoms with van der Waals surface area (Å²) in [5, 5.41) is 0.575. The largest absolute Gasteiger partial charge is 0.465 e. The molecule has 8 heteroatoms. The zero-order valence-corrected chi connectivity index (χ0v) is 16.8. The Balaban J connectivity index is 1.49. The first-order valence-corrected chi connectivity index (χ1v) is 9.82. The normalized spacial score (nSPS) is 14.5. The summed E-state index contributed by atoms with van der Waals surface area (Å²) < 4.78 is 15.5. The number of hydrogen-bond donors (Lipinski definition) is 0. The minimum absolute atomic E-state index is 0.0804. The zero-order valence-electron chi connectivity index (χ0n) is 16.1. The van der Waals surface area contributed by atoms with Crippen molar-refractivity contribution in [3.63, 3.8) is 0 Å². The first-order chi connectivity index (χ1) is 14.0. The number of carbonyl (C=O) groups excluding carboxylic acids is 3. The second-order valence-electron chi connectivity index (χ2n) is 6.66. The summed E-state index contributed by atoms with van der Waals surface area (Å²) in [7, 11) is 0. The van der Waals surface area contributed by atoms with Crippen LogP contribution in [-0.2, 0) is 20.9 Å². The van der Waals surface area contributed by atoms with Crippen LogP contribution in [0.3, 0.4) is 0 Å². The SMILES string of the molecule is CCOC(=O)c1ccoc1COC(=O)C1CCN(C(=O)c2ccc(Cl)cc2)CC1. The predicted molar refractivity (Wildman–Crippen MR) is 105 cm³/mol. The second-order valence-corrected chi connectivity index (χ2v) is 7.10. The lowest BCUT2D eigenvalue weighted by Gasteiger charge is -2.31. The van der Waals surface area contributed by atoms with E-state index in [-0.39, 0.29) is 42.3 Å². The van der Waals surface area contributed by atoms with E-state index in [0.717, 1.165) is 0 Å². The monoisotopic (exact) mass is 419 g/mol.